The molecule has 0 heterocycles. The number of rotatable bonds is 4. The Morgan fingerprint density at radius 3 is 2.14 bits per heavy atom. The first-order valence-electron chi connectivity index (χ1n) is 7.73. The summed E-state index contributed by atoms with van der Waals surface area (Å²) in [6.45, 7) is 7.85. The SMILES string of the molecule is C=CCc1cc2ccc3cccc4ccc(c1CC=C)c2c34. The Balaban J connectivity index is 2.24. The normalized spacial score (nSPS) is 11.5. The van der Waals surface area contributed by atoms with Crippen LogP contribution in [-0.2, 0) is 12.8 Å². The lowest BCUT2D eigenvalue weighted by molar-refractivity contribution is 1.18. The van der Waals surface area contributed by atoms with Gasteiger partial charge in [0.05, 0.1) is 0 Å². The third-order valence-electron chi connectivity index (χ3n) is 4.56. The zero-order valence-corrected chi connectivity index (χ0v) is 12.6. The molecule has 106 valence electrons. The van der Waals surface area contributed by atoms with Crippen LogP contribution < -0.4 is 0 Å². The van der Waals surface area contributed by atoms with Crippen molar-refractivity contribution in [3.05, 3.63) is 85.0 Å². The molecule has 4 aromatic rings. The smallest absolute Gasteiger partial charge is 0.00237 e. The molecule has 0 saturated carbocycles. The predicted molar refractivity (Wildman–Crippen MR) is 97.9 cm³/mol. The molecule has 0 saturated heterocycles. The molecular weight excluding hydrogens is 264 g/mol. The fraction of sp³-hybridized carbons (Fsp3) is 0.0909. The third kappa shape index (κ3) is 1.77. The summed E-state index contributed by atoms with van der Waals surface area (Å²) in [4.78, 5) is 0. The van der Waals surface area contributed by atoms with Gasteiger partial charge >= 0.3 is 0 Å². The van der Waals surface area contributed by atoms with Crippen LogP contribution in [0.15, 0.2) is 73.8 Å². The van der Waals surface area contributed by atoms with E-state index in [2.05, 4.69) is 61.7 Å². The van der Waals surface area contributed by atoms with Gasteiger partial charge in [0.2, 0.25) is 0 Å². The minimum Gasteiger partial charge on any atom is -0.103 e. The number of hydrogen-bond donors (Lipinski definition) is 0. The van der Waals surface area contributed by atoms with Crippen LogP contribution in [-0.4, -0.2) is 0 Å². The summed E-state index contributed by atoms with van der Waals surface area (Å²) in [5, 5.41) is 8.09. The van der Waals surface area contributed by atoms with Crippen molar-refractivity contribution in [3.63, 3.8) is 0 Å². The van der Waals surface area contributed by atoms with Gasteiger partial charge in [-0.25, -0.2) is 0 Å². The van der Waals surface area contributed by atoms with E-state index in [9.17, 15) is 0 Å². The monoisotopic (exact) mass is 282 g/mol. The highest BCUT2D eigenvalue weighted by Crippen LogP contribution is 2.37. The number of hydrogen-bond acceptors (Lipinski definition) is 0. The molecule has 0 aliphatic heterocycles. The first-order valence-corrected chi connectivity index (χ1v) is 7.73. The lowest BCUT2D eigenvalue weighted by Crippen LogP contribution is -1.96. The van der Waals surface area contributed by atoms with Gasteiger partial charge in [-0.05, 0) is 56.3 Å². The predicted octanol–water partition coefficient (Wildman–Crippen LogP) is 6.04. The van der Waals surface area contributed by atoms with Crippen molar-refractivity contribution in [2.24, 2.45) is 0 Å². The van der Waals surface area contributed by atoms with Crippen molar-refractivity contribution in [3.8, 4) is 0 Å². The highest BCUT2D eigenvalue weighted by Gasteiger charge is 2.13. The quantitative estimate of drug-likeness (QED) is 0.316. The Morgan fingerprint density at radius 2 is 1.41 bits per heavy atom. The van der Waals surface area contributed by atoms with E-state index in [4.69, 9.17) is 0 Å². The second-order valence-electron chi connectivity index (χ2n) is 5.86. The second-order valence-corrected chi connectivity index (χ2v) is 5.86. The fourth-order valence-electron chi connectivity index (χ4n) is 3.65. The van der Waals surface area contributed by atoms with Gasteiger partial charge in [-0.15, -0.1) is 13.2 Å². The average Bonchev–Trinajstić information content (AvgIpc) is 2.55. The van der Waals surface area contributed by atoms with Gasteiger partial charge in [-0.2, -0.15) is 0 Å². The molecule has 0 bridgehead atoms. The topological polar surface area (TPSA) is 0 Å². The number of allylic oxidation sites excluding steroid dienone is 2. The van der Waals surface area contributed by atoms with Gasteiger partial charge in [0.25, 0.3) is 0 Å². The maximum Gasteiger partial charge on any atom is -0.00237 e. The molecule has 0 N–H and O–H groups in total. The standard InChI is InChI=1S/C22H18/c1-3-6-17-14-18-11-10-15-8-5-9-16-12-13-20(19(17)7-4-2)22(18)21(15)16/h3-5,8-14H,1-2,6-7H2. The summed E-state index contributed by atoms with van der Waals surface area (Å²) in [5.41, 5.74) is 2.75. The van der Waals surface area contributed by atoms with E-state index in [1.54, 1.807) is 0 Å². The molecule has 0 atom stereocenters. The Bertz CT molecular complexity index is 989. The van der Waals surface area contributed by atoms with Crippen molar-refractivity contribution >= 4 is 32.3 Å². The van der Waals surface area contributed by atoms with Gasteiger partial charge in [0.1, 0.15) is 0 Å². The van der Waals surface area contributed by atoms with Crippen LogP contribution in [0.25, 0.3) is 32.3 Å². The molecule has 0 amide bonds. The van der Waals surface area contributed by atoms with Crippen molar-refractivity contribution in [2.45, 2.75) is 12.8 Å². The van der Waals surface area contributed by atoms with Crippen LogP contribution in [0.4, 0.5) is 0 Å². The Labute approximate surface area is 130 Å². The number of benzene rings is 4. The second kappa shape index (κ2) is 4.99. The lowest BCUT2D eigenvalue weighted by Gasteiger charge is -2.16. The Hall–Kier alpha value is -2.60. The van der Waals surface area contributed by atoms with E-state index in [-0.39, 0.29) is 0 Å². The van der Waals surface area contributed by atoms with Gasteiger partial charge in [0, 0.05) is 0 Å². The first kappa shape index (κ1) is 13.1. The van der Waals surface area contributed by atoms with Crippen molar-refractivity contribution < 1.29 is 0 Å². The summed E-state index contributed by atoms with van der Waals surface area (Å²) in [6, 6.07) is 17.9. The lowest BCUT2D eigenvalue weighted by atomic mass is 9.87. The Morgan fingerprint density at radius 1 is 0.727 bits per heavy atom. The molecule has 0 heteroatoms. The fourth-order valence-corrected chi connectivity index (χ4v) is 3.65. The van der Waals surface area contributed by atoms with Crippen molar-refractivity contribution in [2.75, 3.05) is 0 Å². The summed E-state index contributed by atoms with van der Waals surface area (Å²) < 4.78 is 0. The van der Waals surface area contributed by atoms with Crippen LogP contribution in [0, 0.1) is 0 Å². The highest BCUT2D eigenvalue weighted by molar-refractivity contribution is 6.23. The largest absolute Gasteiger partial charge is 0.103 e. The van der Waals surface area contributed by atoms with Crippen molar-refractivity contribution in [1.29, 1.82) is 0 Å². The van der Waals surface area contributed by atoms with E-state index in [0.717, 1.165) is 12.8 Å². The molecular formula is C22H18. The molecule has 0 radical (unpaired) electrons. The molecule has 0 fully saturated rings. The average molecular weight is 282 g/mol. The van der Waals surface area contributed by atoms with Crippen LogP contribution in [0.2, 0.25) is 0 Å². The van der Waals surface area contributed by atoms with Crippen LogP contribution >= 0.6 is 0 Å². The van der Waals surface area contributed by atoms with Crippen LogP contribution in [0.5, 0.6) is 0 Å². The van der Waals surface area contributed by atoms with Gasteiger partial charge in [0.15, 0.2) is 0 Å². The summed E-state index contributed by atoms with van der Waals surface area (Å²) in [7, 11) is 0. The minimum atomic E-state index is 0.900. The summed E-state index contributed by atoms with van der Waals surface area (Å²) in [5.74, 6) is 0. The van der Waals surface area contributed by atoms with E-state index in [1.807, 2.05) is 12.2 Å². The van der Waals surface area contributed by atoms with Gasteiger partial charge in [-0.1, -0.05) is 60.7 Å². The zero-order chi connectivity index (χ0) is 15.1. The summed E-state index contributed by atoms with van der Waals surface area (Å²) >= 11 is 0. The third-order valence-corrected chi connectivity index (χ3v) is 4.56. The maximum absolute atomic E-state index is 3.94. The van der Waals surface area contributed by atoms with E-state index >= 15 is 0 Å². The maximum atomic E-state index is 3.94. The molecule has 4 aromatic carbocycles. The molecule has 0 aliphatic rings. The molecule has 22 heavy (non-hydrogen) atoms. The Kier molecular flexibility index (Phi) is 2.97. The summed E-state index contributed by atoms with van der Waals surface area (Å²) in [6.07, 6.45) is 5.79. The molecule has 0 aliphatic carbocycles. The van der Waals surface area contributed by atoms with Crippen molar-refractivity contribution in [1.82, 2.24) is 0 Å². The van der Waals surface area contributed by atoms with E-state index in [0.29, 0.717) is 0 Å². The molecule has 0 nitrogen and oxygen atoms in total. The van der Waals surface area contributed by atoms with E-state index < -0.39 is 0 Å². The highest BCUT2D eigenvalue weighted by atomic mass is 14.2. The first-order chi connectivity index (χ1) is 10.8. The van der Waals surface area contributed by atoms with Gasteiger partial charge in [-0.3, -0.25) is 0 Å². The zero-order valence-electron chi connectivity index (χ0n) is 12.6. The van der Waals surface area contributed by atoms with Gasteiger partial charge < -0.3 is 0 Å². The minimum absolute atomic E-state index is 0.900. The van der Waals surface area contributed by atoms with Crippen LogP contribution in [0.3, 0.4) is 0 Å². The molecule has 0 unspecified atom stereocenters. The van der Waals surface area contributed by atoms with E-state index in [1.165, 1.54) is 43.4 Å². The molecule has 0 spiro atoms. The molecule has 0 aromatic heterocycles. The van der Waals surface area contributed by atoms with Crippen LogP contribution in [0.1, 0.15) is 11.1 Å². The molecule has 4 rings (SSSR count).